The van der Waals surface area contributed by atoms with E-state index in [4.69, 9.17) is 4.74 Å². The predicted octanol–water partition coefficient (Wildman–Crippen LogP) is 3.98. The summed E-state index contributed by atoms with van der Waals surface area (Å²) in [6.07, 6.45) is 0. The Kier molecular flexibility index (Phi) is 9.06. The van der Waals surface area contributed by atoms with Crippen molar-refractivity contribution in [3.63, 3.8) is 0 Å². The molecule has 6 heteroatoms. The van der Waals surface area contributed by atoms with E-state index < -0.39 is 6.04 Å². The van der Waals surface area contributed by atoms with Gasteiger partial charge in [-0.3, -0.25) is 9.59 Å². The van der Waals surface area contributed by atoms with Crippen molar-refractivity contribution in [3.8, 4) is 5.75 Å². The predicted molar refractivity (Wildman–Crippen MR) is 118 cm³/mol. The fraction of sp³-hybridized carbons (Fsp3) is 0.391. The van der Waals surface area contributed by atoms with Crippen molar-refractivity contribution in [3.05, 3.63) is 60.2 Å². The fourth-order valence-corrected chi connectivity index (χ4v) is 3.51. The smallest absolute Gasteiger partial charge is 0.242 e. The average molecular weight is 415 g/mol. The van der Waals surface area contributed by atoms with E-state index in [9.17, 15) is 9.59 Å². The first-order valence-corrected chi connectivity index (χ1v) is 10.8. The zero-order chi connectivity index (χ0) is 21.2. The summed E-state index contributed by atoms with van der Waals surface area (Å²) in [6.45, 7) is 6.83. The van der Waals surface area contributed by atoms with Gasteiger partial charge in [0.05, 0.1) is 12.9 Å². The molecule has 2 aromatic carbocycles. The quantitative estimate of drug-likeness (QED) is 0.598. The summed E-state index contributed by atoms with van der Waals surface area (Å²) in [5.74, 6) is 1.19. The van der Waals surface area contributed by atoms with Gasteiger partial charge in [0, 0.05) is 18.0 Å². The van der Waals surface area contributed by atoms with E-state index in [2.05, 4.69) is 5.32 Å². The Bertz CT molecular complexity index is 778. The molecule has 1 atom stereocenters. The monoisotopic (exact) mass is 414 g/mol. The van der Waals surface area contributed by atoms with Gasteiger partial charge in [-0.05, 0) is 42.7 Å². The summed E-state index contributed by atoms with van der Waals surface area (Å²) in [5.41, 5.74) is 0.951. The molecule has 29 heavy (non-hydrogen) atoms. The number of thioether (sulfide) groups is 1. The van der Waals surface area contributed by atoms with Gasteiger partial charge in [-0.15, -0.1) is 11.8 Å². The zero-order valence-electron chi connectivity index (χ0n) is 17.6. The first kappa shape index (κ1) is 22.8. The maximum absolute atomic E-state index is 13.0. The second-order valence-corrected chi connectivity index (χ2v) is 8.34. The van der Waals surface area contributed by atoms with E-state index in [0.717, 1.165) is 16.2 Å². The highest BCUT2D eigenvalue weighted by molar-refractivity contribution is 8.00. The van der Waals surface area contributed by atoms with Crippen LogP contribution in [0.25, 0.3) is 0 Å². The molecule has 156 valence electrons. The summed E-state index contributed by atoms with van der Waals surface area (Å²) in [4.78, 5) is 28.3. The Morgan fingerprint density at radius 3 is 2.28 bits per heavy atom. The van der Waals surface area contributed by atoms with Crippen LogP contribution in [0, 0.1) is 5.92 Å². The molecule has 2 rings (SSSR count). The molecule has 0 fully saturated rings. The van der Waals surface area contributed by atoms with Crippen LogP contribution in [0.2, 0.25) is 0 Å². The third-order valence-corrected chi connectivity index (χ3v) is 5.47. The number of nitrogens with zero attached hydrogens (tertiary/aromatic N) is 1. The van der Waals surface area contributed by atoms with E-state index in [-0.39, 0.29) is 17.6 Å². The minimum absolute atomic E-state index is 0.0677. The molecule has 2 aromatic rings. The normalized spacial score (nSPS) is 11.8. The molecular weight excluding hydrogens is 384 g/mol. The third kappa shape index (κ3) is 7.46. The molecule has 0 spiro atoms. The van der Waals surface area contributed by atoms with Crippen molar-refractivity contribution in [2.24, 2.45) is 5.92 Å². The van der Waals surface area contributed by atoms with Crippen LogP contribution in [0.3, 0.4) is 0 Å². The van der Waals surface area contributed by atoms with Crippen LogP contribution in [0.5, 0.6) is 5.75 Å². The number of carbonyl (C=O) groups is 2. The molecule has 0 bridgehead atoms. The minimum atomic E-state index is -0.556. The van der Waals surface area contributed by atoms with E-state index in [1.807, 2.05) is 68.4 Å². The molecule has 0 aliphatic heterocycles. The van der Waals surface area contributed by atoms with E-state index in [0.29, 0.717) is 19.0 Å². The Morgan fingerprint density at radius 1 is 1.03 bits per heavy atom. The highest BCUT2D eigenvalue weighted by atomic mass is 32.2. The van der Waals surface area contributed by atoms with Gasteiger partial charge in [0.15, 0.2) is 0 Å². The number of hydrogen-bond acceptors (Lipinski definition) is 4. The lowest BCUT2D eigenvalue weighted by Gasteiger charge is -2.29. The number of methoxy groups -OCH3 is 1. The second-order valence-electron chi connectivity index (χ2n) is 7.29. The summed E-state index contributed by atoms with van der Waals surface area (Å²) in [7, 11) is 1.62. The molecule has 0 saturated carbocycles. The molecule has 0 heterocycles. The van der Waals surface area contributed by atoms with E-state index in [1.165, 1.54) is 11.8 Å². The fourth-order valence-electron chi connectivity index (χ4n) is 2.71. The van der Waals surface area contributed by atoms with Gasteiger partial charge in [0.2, 0.25) is 11.8 Å². The number of ether oxygens (including phenoxy) is 1. The molecule has 5 nitrogen and oxygen atoms in total. The van der Waals surface area contributed by atoms with Crippen molar-refractivity contribution in [1.82, 2.24) is 10.2 Å². The van der Waals surface area contributed by atoms with Crippen LogP contribution in [0.15, 0.2) is 59.5 Å². The minimum Gasteiger partial charge on any atom is -0.497 e. The highest BCUT2D eigenvalue weighted by Gasteiger charge is 2.26. The Balaban J connectivity index is 2.11. The van der Waals surface area contributed by atoms with Gasteiger partial charge in [-0.1, -0.05) is 44.2 Å². The molecule has 0 aliphatic carbocycles. The van der Waals surface area contributed by atoms with Crippen molar-refractivity contribution < 1.29 is 14.3 Å². The number of carbonyl (C=O) groups excluding carboxylic acids is 2. The molecular formula is C23H30N2O3S. The number of benzene rings is 2. The third-order valence-electron chi connectivity index (χ3n) is 4.47. The van der Waals surface area contributed by atoms with Gasteiger partial charge in [-0.25, -0.2) is 0 Å². The average Bonchev–Trinajstić information content (AvgIpc) is 2.74. The van der Waals surface area contributed by atoms with Crippen LogP contribution in [-0.4, -0.2) is 42.2 Å². The molecule has 0 aromatic heterocycles. The van der Waals surface area contributed by atoms with Gasteiger partial charge in [0.25, 0.3) is 0 Å². The largest absolute Gasteiger partial charge is 0.497 e. The SMILES string of the molecule is COc1ccc(CN(C(=O)CSc2ccccc2)C(C)C(=O)NCC(C)C)cc1. The van der Waals surface area contributed by atoms with Crippen LogP contribution in [0.1, 0.15) is 26.3 Å². The van der Waals surface area contributed by atoms with Crippen molar-refractivity contribution in [1.29, 1.82) is 0 Å². The molecule has 1 N–H and O–H groups in total. The lowest BCUT2D eigenvalue weighted by molar-refractivity contribution is -0.138. The lowest BCUT2D eigenvalue weighted by atomic mass is 10.1. The summed E-state index contributed by atoms with van der Waals surface area (Å²) < 4.78 is 5.20. The van der Waals surface area contributed by atoms with Gasteiger partial charge < -0.3 is 15.0 Å². The first-order chi connectivity index (χ1) is 13.9. The number of hydrogen-bond donors (Lipinski definition) is 1. The van der Waals surface area contributed by atoms with Crippen molar-refractivity contribution in [2.45, 2.75) is 38.3 Å². The maximum Gasteiger partial charge on any atom is 0.242 e. The van der Waals surface area contributed by atoms with Crippen LogP contribution in [0.4, 0.5) is 0 Å². The molecule has 0 radical (unpaired) electrons. The van der Waals surface area contributed by atoms with Crippen molar-refractivity contribution in [2.75, 3.05) is 19.4 Å². The molecule has 0 saturated heterocycles. The Morgan fingerprint density at radius 2 is 1.69 bits per heavy atom. The van der Waals surface area contributed by atoms with Crippen LogP contribution in [-0.2, 0) is 16.1 Å². The molecule has 0 aliphatic rings. The molecule has 2 amide bonds. The van der Waals surface area contributed by atoms with Crippen LogP contribution < -0.4 is 10.1 Å². The standard InChI is InChI=1S/C23H30N2O3S/c1-17(2)14-24-23(27)18(3)25(15-19-10-12-20(28-4)13-11-19)22(26)16-29-21-8-6-5-7-9-21/h5-13,17-18H,14-16H2,1-4H3,(H,24,27). The summed E-state index contributed by atoms with van der Waals surface area (Å²) in [6, 6.07) is 16.8. The van der Waals surface area contributed by atoms with Gasteiger partial charge in [0.1, 0.15) is 11.8 Å². The number of rotatable bonds is 10. The highest BCUT2D eigenvalue weighted by Crippen LogP contribution is 2.20. The van der Waals surface area contributed by atoms with Crippen molar-refractivity contribution >= 4 is 23.6 Å². The Hall–Kier alpha value is -2.47. The van der Waals surface area contributed by atoms with E-state index >= 15 is 0 Å². The topological polar surface area (TPSA) is 58.6 Å². The first-order valence-electron chi connectivity index (χ1n) is 9.78. The van der Waals surface area contributed by atoms with Gasteiger partial charge >= 0.3 is 0 Å². The Labute approximate surface area is 177 Å². The number of amides is 2. The van der Waals surface area contributed by atoms with E-state index in [1.54, 1.807) is 18.9 Å². The summed E-state index contributed by atoms with van der Waals surface area (Å²) in [5, 5.41) is 2.94. The molecule has 1 unspecified atom stereocenters. The summed E-state index contributed by atoms with van der Waals surface area (Å²) >= 11 is 1.48. The van der Waals surface area contributed by atoms with Gasteiger partial charge in [-0.2, -0.15) is 0 Å². The number of nitrogens with one attached hydrogen (secondary N) is 1. The lowest BCUT2D eigenvalue weighted by Crippen LogP contribution is -2.48. The second kappa shape index (κ2) is 11.5. The van der Waals surface area contributed by atoms with Crippen LogP contribution >= 0.6 is 11.8 Å². The zero-order valence-corrected chi connectivity index (χ0v) is 18.4. The maximum atomic E-state index is 13.0.